The second kappa shape index (κ2) is 7.52. The van der Waals surface area contributed by atoms with Gasteiger partial charge in [0, 0.05) is 11.6 Å². The first-order valence-corrected chi connectivity index (χ1v) is 8.68. The zero-order valence-electron chi connectivity index (χ0n) is 15.1. The Morgan fingerprint density at radius 2 is 1.69 bits per heavy atom. The number of hydrogen-bond acceptors (Lipinski definition) is 2. The van der Waals surface area contributed by atoms with Crippen LogP contribution in [0.3, 0.4) is 0 Å². The molecule has 0 aliphatic heterocycles. The summed E-state index contributed by atoms with van der Waals surface area (Å²) in [5.74, 6) is -0.219. The van der Waals surface area contributed by atoms with Crippen molar-refractivity contribution in [1.29, 1.82) is 0 Å². The van der Waals surface area contributed by atoms with E-state index < -0.39 is 0 Å². The number of carbonyl (C=O) groups excluding carboxylic acids is 1. The molecule has 0 radical (unpaired) electrons. The Balaban J connectivity index is 2.04. The van der Waals surface area contributed by atoms with Crippen molar-refractivity contribution in [2.24, 2.45) is 5.92 Å². The Morgan fingerprint density at radius 3 is 2.31 bits per heavy atom. The number of nitrogens with zero attached hydrogens (tertiary/aromatic N) is 2. The average molecular weight is 351 g/mol. The Kier molecular flexibility index (Phi) is 5.16. The van der Waals surface area contributed by atoms with Crippen molar-refractivity contribution in [3.8, 4) is 16.9 Å². The van der Waals surface area contributed by atoms with Gasteiger partial charge >= 0.3 is 0 Å². The van der Waals surface area contributed by atoms with Gasteiger partial charge in [-0.15, -0.1) is 0 Å². The van der Waals surface area contributed by atoms with Crippen LogP contribution >= 0.6 is 0 Å². The summed E-state index contributed by atoms with van der Waals surface area (Å²) in [6, 6.07) is 17.4. The van der Waals surface area contributed by atoms with Crippen LogP contribution in [0.15, 0.2) is 60.7 Å². The minimum Gasteiger partial charge on any atom is -0.348 e. The lowest BCUT2D eigenvalue weighted by atomic mass is 10.1. The third kappa shape index (κ3) is 3.82. The van der Waals surface area contributed by atoms with Crippen LogP contribution in [0.2, 0.25) is 0 Å². The molecule has 0 saturated heterocycles. The van der Waals surface area contributed by atoms with E-state index in [1.54, 1.807) is 22.9 Å². The first-order chi connectivity index (χ1) is 12.5. The van der Waals surface area contributed by atoms with Crippen LogP contribution in [0.4, 0.5) is 4.39 Å². The van der Waals surface area contributed by atoms with Crippen molar-refractivity contribution in [2.45, 2.75) is 26.8 Å². The summed E-state index contributed by atoms with van der Waals surface area (Å²) in [4.78, 5) is 12.8. The molecule has 0 bridgehead atoms. The molecule has 4 nitrogen and oxygen atoms in total. The number of rotatable bonds is 5. The summed E-state index contributed by atoms with van der Waals surface area (Å²) in [7, 11) is 0. The average Bonchev–Trinajstić information content (AvgIpc) is 3.08. The van der Waals surface area contributed by atoms with Gasteiger partial charge in [-0.3, -0.25) is 4.79 Å². The normalized spacial score (nSPS) is 12.2. The summed E-state index contributed by atoms with van der Waals surface area (Å²) >= 11 is 0. The molecule has 26 heavy (non-hydrogen) atoms. The molecule has 0 aliphatic rings. The van der Waals surface area contributed by atoms with Crippen LogP contribution in [0.5, 0.6) is 0 Å². The predicted octanol–water partition coefficient (Wildman–Crippen LogP) is 4.45. The summed E-state index contributed by atoms with van der Waals surface area (Å²) in [5.41, 5.74) is 2.66. The van der Waals surface area contributed by atoms with E-state index in [0.717, 1.165) is 5.56 Å². The topological polar surface area (TPSA) is 46.9 Å². The van der Waals surface area contributed by atoms with Crippen LogP contribution in [0, 0.1) is 11.7 Å². The van der Waals surface area contributed by atoms with Crippen molar-refractivity contribution >= 4 is 5.91 Å². The molecule has 0 fully saturated rings. The van der Waals surface area contributed by atoms with Gasteiger partial charge < -0.3 is 5.32 Å². The molecule has 1 atom stereocenters. The van der Waals surface area contributed by atoms with Crippen LogP contribution in [-0.4, -0.2) is 21.7 Å². The number of benzene rings is 2. The van der Waals surface area contributed by atoms with E-state index >= 15 is 0 Å². The van der Waals surface area contributed by atoms with Crippen LogP contribution in [0.1, 0.15) is 31.3 Å². The van der Waals surface area contributed by atoms with Gasteiger partial charge in [0.05, 0.1) is 11.4 Å². The highest BCUT2D eigenvalue weighted by atomic mass is 19.1. The van der Waals surface area contributed by atoms with Gasteiger partial charge in [-0.25, -0.2) is 9.07 Å². The monoisotopic (exact) mass is 351 g/mol. The lowest BCUT2D eigenvalue weighted by Gasteiger charge is -2.17. The highest BCUT2D eigenvalue weighted by Crippen LogP contribution is 2.22. The van der Waals surface area contributed by atoms with E-state index in [1.807, 2.05) is 37.3 Å². The maximum atomic E-state index is 13.3. The fraction of sp³-hybridized carbons (Fsp3) is 0.238. The molecule has 2 aromatic carbocycles. The number of nitrogens with one attached hydrogen (secondary N) is 1. The van der Waals surface area contributed by atoms with E-state index in [0.29, 0.717) is 23.0 Å². The lowest BCUT2D eigenvalue weighted by molar-refractivity contribution is 0.0922. The number of amides is 1. The minimum atomic E-state index is -0.330. The smallest absolute Gasteiger partial charge is 0.270 e. The van der Waals surface area contributed by atoms with Gasteiger partial charge in [-0.05, 0) is 43.2 Å². The third-order valence-corrected chi connectivity index (χ3v) is 4.44. The molecule has 1 amide bonds. The lowest BCUT2D eigenvalue weighted by Crippen LogP contribution is -2.37. The maximum Gasteiger partial charge on any atom is 0.270 e. The zero-order chi connectivity index (χ0) is 18.7. The largest absolute Gasteiger partial charge is 0.348 e. The van der Waals surface area contributed by atoms with Crippen molar-refractivity contribution in [3.63, 3.8) is 0 Å². The van der Waals surface area contributed by atoms with Crippen molar-refractivity contribution in [1.82, 2.24) is 15.1 Å². The fourth-order valence-corrected chi connectivity index (χ4v) is 2.52. The van der Waals surface area contributed by atoms with Gasteiger partial charge in [-0.2, -0.15) is 5.10 Å². The third-order valence-electron chi connectivity index (χ3n) is 4.44. The number of aromatic nitrogens is 2. The molecule has 1 N–H and O–H groups in total. The van der Waals surface area contributed by atoms with E-state index in [1.165, 1.54) is 12.1 Å². The van der Waals surface area contributed by atoms with Gasteiger partial charge in [0.15, 0.2) is 0 Å². The van der Waals surface area contributed by atoms with Crippen LogP contribution < -0.4 is 5.32 Å². The molecule has 0 spiro atoms. The van der Waals surface area contributed by atoms with Crippen molar-refractivity contribution < 1.29 is 9.18 Å². The van der Waals surface area contributed by atoms with Crippen molar-refractivity contribution in [2.75, 3.05) is 0 Å². The van der Waals surface area contributed by atoms with Crippen molar-refractivity contribution in [3.05, 3.63) is 72.2 Å². The first kappa shape index (κ1) is 17.9. The zero-order valence-corrected chi connectivity index (χ0v) is 15.1. The van der Waals surface area contributed by atoms with Crippen LogP contribution in [-0.2, 0) is 0 Å². The van der Waals surface area contributed by atoms with E-state index in [9.17, 15) is 9.18 Å². The summed E-state index contributed by atoms with van der Waals surface area (Å²) in [6.07, 6.45) is 0. The molecular formula is C21H22FN3O. The Hall–Kier alpha value is -2.95. The maximum absolute atomic E-state index is 13.3. The SMILES string of the molecule is CC(C)[C@H](C)NC(=O)c1cc(-c2ccccc2)nn1-c1ccc(F)cc1. The summed E-state index contributed by atoms with van der Waals surface area (Å²) in [6.45, 7) is 6.08. The quantitative estimate of drug-likeness (QED) is 0.738. The molecule has 3 aromatic rings. The molecule has 134 valence electrons. The molecule has 5 heteroatoms. The van der Waals surface area contributed by atoms with E-state index in [2.05, 4.69) is 24.3 Å². The van der Waals surface area contributed by atoms with E-state index in [-0.39, 0.29) is 17.8 Å². The summed E-state index contributed by atoms with van der Waals surface area (Å²) < 4.78 is 14.8. The Labute approximate surface area is 152 Å². The van der Waals surface area contributed by atoms with Gasteiger partial charge in [0.25, 0.3) is 5.91 Å². The minimum absolute atomic E-state index is 0.0271. The molecule has 0 saturated carbocycles. The highest BCUT2D eigenvalue weighted by molar-refractivity contribution is 5.94. The molecule has 0 aliphatic carbocycles. The fourth-order valence-electron chi connectivity index (χ4n) is 2.52. The number of hydrogen-bond donors (Lipinski definition) is 1. The van der Waals surface area contributed by atoms with Gasteiger partial charge in [0.2, 0.25) is 0 Å². The molecule has 0 unspecified atom stereocenters. The Morgan fingerprint density at radius 1 is 1.04 bits per heavy atom. The highest BCUT2D eigenvalue weighted by Gasteiger charge is 2.20. The second-order valence-electron chi connectivity index (χ2n) is 6.68. The molecule has 3 rings (SSSR count). The van der Waals surface area contributed by atoms with Gasteiger partial charge in [-0.1, -0.05) is 44.2 Å². The van der Waals surface area contributed by atoms with Gasteiger partial charge in [0.1, 0.15) is 11.5 Å². The Bertz CT molecular complexity index is 885. The number of halogens is 1. The number of carbonyl (C=O) groups is 1. The van der Waals surface area contributed by atoms with E-state index in [4.69, 9.17) is 0 Å². The molecule has 1 aromatic heterocycles. The molecular weight excluding hydrogens is 329 g/mol. The van der Waals surface area contributed by atoms with Crippen LogP contribution in [0.25, 0.3) is 16.9 Å². The molecule has 1 heterocycles. The second-order valence-corrected chi connectivity index (χ2v) is 6.68. The first-order valence-electron chi connectivity index (χ1n) is 8.68. The standard InChI is InChI=1S/C21H22FN3O/c1-14(2)15(3)23-21(26)20-13-19(16-7-5-4-6-8-16)24-25(20)18-11-9-17(22)10-12-18/h4-15H,1-3H3,(H,23,26)/t15-/m0/s1. The predicted molar refractivity (Wildman–Crippen MR) is 101 cm³/mol. The summed E-state index contributed by atoms with van der Waals surface area (Å²) in [5, 5.41) is 7.60.